The first-order valence-corrected chi connectivity index (χ1v) is 8.09. The fourth-order valence-electron chi connectivity index (χ4n) is 4.08. The van der Waals surface area contributed by atoms with E-state index in [1.165, 1.54) is 19.3 Å². The van der Waals surface area contributed by atoms with E-state index in [-0.39, 0.29) is 30.3 Å². The summed E-state index contributed by atoms with van der Waals surface area (Å²) in [6, 6.07) is 0.334. The molecule has 0 radical (unpaired) electrons. The van der Waals surface area contributed by atoms with Crippen molar-refractivity contribution >= 4 is 18.3 Å². The van der Waals surface area contributed by atoms with Gasteiger partial charge in [0.05, 0.1) is 12.2 Å². The molecule has 5 nitrogen and oxygen atoms in total. The van der Waals surface area contributed by atoms with E-state index in [2.05, 4.69) is 10.4 Å². The zero-order chi connectivity index (χ0) is 15.0. The highest BCUT2D eigenvalue weighted by Gasteiger charge is 2.40. The monoisotopic (exact) mass is 326 g/mol. The second-order valence-corrected chi connectivity index (χ2v) is 6.87. The molecule has 1 aromatic heterocycles. The molecule has 124 valence electrons. The van der Waals surface area contributed by atoms with Crippen molar-refractivity contribution in [2.45, 2.75) is 51.1 Å². The van der Waals surface area contributed by atoms with Crippen LogP contribution in [-0.2, 0) is 11.8 Å². The third-order valence-electron chi connectivity index (χ3n) is 5.37. The van der Waals surface area contributed by atoms with E-state index in [4.69, 9.17) is 5.73 Å². The number of aryl methyl sites for hydroxylation is 1. The Balaban J connectivity index is 0.00000176. The molecule has 3 unspecified atom stereocenters. The SMILES string of the molecule is CC(NC(=O)C1CC2CCCC(C1)C2N)c1cnn(C)c1.Cl. The summed E-state index contributed by atoms with van der Waals surface area (Å²) in [7, 11) is 1.89. The van der Waals surface area contributed by atoms with Crippen LogP contribution in [0.5, 0.6) is 0 Å². The summed E-state index contributed by atoms with van der Waals surface area (Å²) in [4.78, 5) is 12.5. The van der Waals surface area contributed by atoms with Crippen molar-refractivity contribution in [3.63, 3.8) is 0 Å². The van der Waals surface area contributed by atoms with E-state index >= 15 is 0 Å². The lowest BCUT2D eigenvalue weighted by Crippen LogP contribution is -2.49. The van der Waals surface area contributed by atoms with Crippen LogP contribution in [-0.4, -0.2) is 21.7 Å². The van der Waals surface area contributed by atoms with Gasteiger partial charge in [-0.2, -0.15) is 5.10 Å². The predicted molar refractivity (Wildman–Crippen MR) is 88.5 cm³/mol. The minimum atomic E-state index is 0. The number of amides is 1. The zero-order valence-electron chi connectivity index (χ0n) is 13.4. The van der Waals surface area contributed by atoms with Gasteiger partial charge in [-0.3, -0.25) is 9.48 Å². The van der Waals surface area contributed by atoms with E-state index in [0.717, 1.165) is 18.4 Å². The van der Waals surface area contributed by atoms with E-state index < -0.39 is 0 Å². The molecular formula is C16H27ClN4O. The molecule has 2 bridgehead atoms. The van der Waals surface area contributed by atoms with Crippen molar-refractivity contribution in [3.8, 4) is 0 Å². The minimum Gasteiger partial charge on any atom is -0.349 e. The molecule has 1 heterocycles. The van der Waals surface area contributed by atoms with Crippen LogP contribution in [0.25, 0.3) is 0 Å². The largest absolute Gasteiger partial charge is 0.349 e. The third kappa shape index (κ3) is 3.46. The lowest BCUT2D eigenvalue weighted by molar-refractivity contribution is -0.128. The molecular weight excluding hydrogens is 300 g/mol. The van der Waals surface area contributed by atoms with Crippen molar-refractivity contribution in [2.24, 2.45) is 30.5 Å². The Bertz CT molecular complexity index is 504. The molecule has 6 heteroatoms. The van der Waals surface area contributed by atoms with Crippen LogP contribution in [0.3, 0.4) is 0 Å². The summed E-state index contributed by atoms with van der Waals surface area (Å²) in [6.07, 6.45) is 9.36. The van der Waals surface area contributed by atoms with Gasteiger partial charge >= 0.3 is 0 Å². The van der Waals surface area contributed by atoms with Gasteiger partial charge in [0, 0.05) is 30.8 Å². The minimum absolute atomic E-state index is 0. The summed E-state index contributed by atoms with van der Waals surface area (Å²) in [5, 5.41) is 7.31. The Morgan fingerprint density at radius 2 is 2.05 bits per heavy atom. The molecule has 1 aromatic rings. The van der Waals surface area contributed by atoms with Crippen LogP contribution in [0.4, 0.5) is 0 Å². The fraction of sp³-hybridized carbons (Fsp3) is 0.750. The maximum atomic E-state index is 12.5. The van der Waals surface area contributed by atoms with E-state index in [1.54, 1.807) is 4.68 Å². The van der Waals surface area contributed by atoms with Gasteiger partial charge in [-0.05, 0) is 44.4 Å². The normalized spacial score (nSPS) is 32.0. The Labute approximate surface area is 138 Å². The number of hydrogen-bond donors (Lipinski definition) is 2. The van der Waals surface area contributed by atoms with E-state index in [0.29, 0.717) is 17.9 Å². The second-order valence-electron chi connectivity index (χ2n) is 6.87. The number of nitrogens with two attached hydrogens (primary N) is 1. The molecule has 3 atom stereocenters. The number of aromatic nitrogens is 2. The molecule has 0 aliphatic heterocycles. The van der Waals surface area contributed by atoms with Crippen LogP contribution in [0, 0.1) is 17.8 Å². The first kappa shape index (κ1) is 17.3. The lowest BCUT2D eigenvalue weighted by Gasteiger charge is -2.43. The molecule has 2 fully saturated rings. The lowest BCUT2D eigenvalue weighted by atomic mass is 9.65. The topological polar surface area (TPSA) is 72.9 Å². The first-order chi connectivity index (χ1) is 10.0. The van der Waals surface area contributed by atoms with Gasteiger partial charge in [0.1, 0.15) is 0 Å². The van der Waals surface area contributed by atoms with Crippen molar-refractivity contribution in [3.05, 3.63) is 18.0 Å². The highest BCUT2D eigenvalue weighted by Crippen LogP contribution is 2.42. The Morgan fingerprint density at radius 3 is 2.59 bits per heavy atom. The molecule has 22 heavy (non-hydrogen) atoms. The maximum Gasteiger partial charge on any atom is 0.223 e. The number of carbonyl (C=O) groups excluding carboxylic acids is 1. The zero-order valence-corrected chi connectivity index (χ0v) is 14.2. The molecule has 2 saturated carbocycles. The quantitative estimate of drug-likeness (QED) is 0.894. The van der Waals surface area contributed by atoms with Crippen LogP contribution in [0.2, 0.25) is 0 Å². The predicted octanol–water partition coefficient (Wildman–Crippen LogP) is 2.17. The van der Waals surface area contributed by atoms with Crippen molar-refractivity contribution in [1.29, 1.82) is 0 Å². The number of nitrogens with one attached hydrogen (secondary N) is 1. The van der Waals surface area contributed by atoms with Gasteiger partial charge < -0.3 is 11.1 Å². The summed E-state index contributed by atoms with van der Waals surface area (Å²) >= 11 is 0. The molecule has 1 amide bonds. The summed E-state index contributed by atoms with van der Waals surface area (Å²) in [5.74, 6) is 1.42. The highest BCUT2D eigenvalue weighted by molar-refractivity contribution is 5.85. The number of nitrogens with zero attached hydrogens (tertiary/aromatic N) is 2. The number of halogens is 1. The van der Waals surface area contributed by atoms with Gasteiger partial charge in [-0.1, -0.05) is 6.42 Å². The fourth-order valence-corrected chi connectivity index (χ4v) is 4.08. The van der Waals surface area contributed by atoms with E-state index in [1.807, 2.05) is 26.4 Å². The van der Waals surface area contributed by atoms with Gasteiger partial charge in [0.25, 0.3) is 0 Å². The molecule has 3 rings (SSSR count). The Hall–Kier alpha value is -1.07. The van der Waals surface area contributed by atoms with Crippen LogP contribution >= 0.6 is 12.4 Å². The van der Waals surface area contributed by atoms with Crippen LogP contribution in [0.1, 0.15) is 50.6 Å². The molecule has 0 spiro atoms. The van der Waals surface area contributed by atoms with E-state index in [9.17, 15) is 4.79 Å². The average molecular weight is 327 g/mol. The summed E-state index contributed by atoms with van der Waals surface area (Å²) in [5.41, 5.74) is 7.35. The third-order valence-corrected chi connectivity index (χ3v) is 5.37. The standard InChI is InChI=1S/C16H26N4O.ClH/c1-10(14-8-18-20(2)9-14)19-16(21)13-6-11-4-3-5-12(7-13)15(11)17;/h8-13,15H,3-7,17H2,1-2H3,(H,19,21);1H. The van der Waals surface area contributed by atoms with Crippen LogP contribution in [0.15, 0.2) is 12.4 Å². The van der Waals surface area contributed by atoms with Crippen LogP contribution < -0.4 is 11.1 Å². The molecule has 2 aliphatic carbocycles. The molecule has 0 saturated heterocycles. The number of rotatable bonds is 3. The summed E-state index contributed by atoms with van der Waals surface area (Å²) in [6.45, 7) is 2.02. The van der Waals surface area contributed by atoms with Crippen molar-refractivity contribution in [1.82, 2.24) is 15.1 Å². The average Bonchev–Trinajstić information content (AvgIpc) is 2.85. The summed E-state index contributed by atoms with van der Waals surface area (Å²) < 4.78 is 1.77. The Kier molecular flexibility index (Phi) is 5.50. The Morgan fingerprint density at radius 1 is 1.41 bits per heavy atom. The number of carbonyl (C=O) groups is 1. The molecule has 0 aromatic carbocycles. The van der Waals surface area contributed by atoms with Gasteiger partial charge in [0.15, 0.2) is 0 Å². The number of fused-ring (bicyclic) bond motifs is 2. The number of hydrogen-bond acceptors (Lipinski definition) is 3. The first-order valence-electron chi connectivity index (χ1n) is 8.09. The van der Waals surface area contributed by atoms with Crippen molar-refractivity contribution < 1.29 is 4.79 Å². The highest BCUT2D eigenvalue weighted by atomic mass is 35.5. The second kappa shape index (κ2) is 7.01. The maximum absolute atomic E-state index is 12.5. The van der Waals surface area contributed by atoms with Crippen molar-refractivity contribution in [2.75, 3.05) is 0 Å². The van der Waals surface area contributed by atoms with Gasteiger partial charge in [-0.15, -0.1) is 12.4 Å². The molecule has 2 aliphatic rings. The van der Waals surface area contributed by atoms with Gasteiger partial charge in [-0.25, -0.2) is 0 Å². The van der Waals surface area contributed by atoms with Gasteiger partial charge in [0.2, 0.25) is 5.91 Å². The smallest absolute Gasteiger partial charge is 0.223 e. The molecule has 3 N–H and O–H groups in total.